The Hall–Kier alpha value is -1.48. The molecule has 158 valence electrons. The Bertz CT molecular complexity index is 734. The molecule has 4 rings (SSSR count). The lowest BCUT2D eigenvalue weighted by molar-refractivity contribution is -0.126. The van der Waals surface area contributed by atoms with Gasteiger partial charge in [0.1, 0.15) is 0 Å². The van der Waals surface area contributed by atoms with E-state index in [2.05, 4.69) is 26.1 Å². The van der Waals surface area contributed by atoms with Gasteiger partial charge in [-0.3, -0.25) is 14.5 Å². The van der Waals surface area contributed by atoms with Gasteiger partial charge in [0.05, 0.1) is 31.4 Å². The second-order valence-corrected chi connectivity index (χ2v) is 8.80. The van der Waals surface area contributed by atoms with Gasteiger partial charge in [-0.15, -0.1) is 0 Å². The third-order valence-corrected chi connectivity index (χ3v) is 6.82. The van der Waals surface area contributed by atoms with E-state index in [1.54, 1.807) is 4.90 Å². The van der Waals surface area contributed by atoms with Crippen LogP contribution in [-0.4, -0.2) is 75.4 Å². The van der Waals surface area contributed by atoms with Crippen molar-refractivity contribution < 1.29 is 19.1 Å². The normalized spacial score (nSPS) is 26.7. The zero-order valence-electron chi connectivity index (χ0n) is 16.5. The van der Waals surface area contributed by atoms with Crippen molar-refractivity contribution in [3.63, 3.8) is 0 Å². The summed E-state index contributed by atoms with van der Waals surface area (Å²) in [7, 11) is 0. The molecule has 1 aromatic rings. The Kier molecular flexibility index (Phi) is 6.85. The monoisotopic (exact) mass is 465 g/mol. The number of halogens is 1. The minimum atomic E-state index is -0.320. The molecule has 3 aliphatic heterocycles. The standard InChI is InChI=1S/C21H28BrN3O4/c22-17-3-1-2-4-18(17)25-13-16(11-20(25)26)21(27)23-12-19(15-5-8-29-14-15)24-6-9-28-10-7-24/h1-4,15-16,19H,5-14H2,(H,23,27). The summed E-state index contributed by atoms with van der Waals surface area (Å²) in [4.78, 5) is 29.5. The first kappa shape index (κ1) is 20.8. The predicted octanol–water partition coefficient (Wildman–Crippen LogP) is 1.66. The van der Waals surface area contributed by atoms with E-state index in [1.807, 2.05) is 24.3 Å². The number of anilines is 1. The summed E-state index contributed by atoms with van der Waals surface area (Å²) in [6.07, 6.45) is 1.28. The average molecular weight is 466 g/mol. The van der Waals surface area contributed by atoms with Crippen LogP contribution in [0, 0.1) is 11.8 Å². The number of hydrogen-bond donors (Lipinski definition) is 1. The van der Waals surface area contributed by atoms with Crippen molar-refractivity contribution in [3.8, 4) is 0 Å². The molecule has 3 atom stereocenters. The summed E-state index contributed by atoms with van der Waals surface area (Å²) >= 11 is 3.50. The van der Waals surface area contributed by atoms with Gasteiger partial charge in [-0.25, -0.2) is 0 Å². The number of morpholine rings is 1. The molecule has 0 aliphatic carbocycles. The summed E-state index contributed by atoms with van der Waals surface area (Å²) in [6, 6.07) is 7.87. The smallest absolute Gasteiger partial charge is 0.227 e. The number of benzene rings is 1. The van der Waals surface area contributed by atoms with Crippen LogP contribution in [0.2, 0.25) is 0 Å². The molecule has 0 spiro atoms. The Morgan fingerprint density at radius 1 is 1.21 bits per heavy atom. The van der Waals surface area contributed by atoms with Crippen LogP contribution in [0.25, 0.3) is 0 Å². The number of ether oxygens (including phenoxy) is 2. The van der Waals surface area contributed by atoms with Crippen molar-refractivity contribution in [3.05, 3.63) is 28.7 Å². The fourth-order valence-electron chi connectivity index (χ4n) is 4.50. The van der Waals surface area contributed by atoms with Crippen LogP contribution in [0.4, 0.5) is 5.69 Å². The van der Waals surface area contributed by atoms with Gasteiger partial charge in [0.25, 0.3) is 0 Å². The molecule has 0 radical (unpaired) electrons. The summed E-state index contributed by atoms with van der Waals surface area (Å²) in [5.74, 6) is 0.0613. The number of nitrogens with one attached hydrogen (secondary N) is 1. The molecular weight excluding hydrogens is 438 g/mol. The summed E-state index contributed by atoms with van der Waals surface area (Å²) in [6.45, 7) is 5.78. The minimum absolute atomic E-state index is 0.00836. The third-order valence-electron chi connectivity index (χ3n) is 6.15. The zero-order valence-corrected chi connectivity index (χ0v) is 18.1. The van der Waals surface area contributed by atoms with E-state index in [0.717, 1.165) is 56.1 Å². The van der Waals surface area contributed by atoms with Crippen LogP contribution in [0.15, 0.2) is 28.7 Å². The van der Waals surface area contributed by atoms with E-state index in [9.17, 15) is 9.59 Å². The molecule has 1 N–H and O–H groups in total. The van der Waals surface area contributed by atoms with Crippen LogP contribution >= 0.6 is 15.9 Å². The highest BCUT2D eigenvalue weighted by atomic mass is 79.9. The molecule has 3 aliphatic rings. The van der Waals surface area contributed by atoms with E-state index < -0.39 is 0 Å². The first-order valence-corrected chi connectivity index (χ1v) is 11.1. The second kappa shape index (κ2) is 9.55. The molecule has 3 unspecified atom stereocenters. The summed E-state index contributed by atoms with van der Waals surface area (Å²) in [5, 5.41) is 3.14. The Morgan fingerprint density at radius 2 is 2.00 bits per heavy atom. The summed E-state index contributed by atoms with van der Waals surface area (Å²) in [5.41, 5.74) is 0.821. The largest absolute Gasteiger partial charge is 0.381 e. The van der Waals surface area contributed by atoms with Gasteiger partial charge >= 0.3 is 0 Å². The molecule has 0 bridgehead atoms. The lowest BCUT2D eigenvalue weighted by Crippen LogP contribution is -2.53. The van der Waals surface area contributed by atoms with Crippen LogP contribution in [-0.2, 0) is 19.1 Å². The quantitative estimate of drug-likeness (QED) is 0.691. The van der Waals surface area contributed by atoms with E-state index >= 15 is 0 Å². The summed E-state index contributed by atoms with van der Waals surface area (Å²) < 4.78 is 11.9. The van der Waals surface area contributed by atoms with E-state index in [4.69, 9.17) is 9.47 Å². The van der Waals surface area contributed by atoms with E-state index in [1.165, 1.54) is 0 Å². The van der Waals surface area contributed by atoms with Crippen molar-refractivity contribution >= 4 is 33.4 Å². The maximum absolute atomic E-state index is 12.9. The fourth-order valence-corrected chi connectivity index (χ4v) is 4.99. The highest BCUT2D eigenvalue weighted by Crippen LogP contribution is 2.31. The maximum Gasteiger partial charge on any atom is 0.227 e. The predicted molar refractivity (Wildman–Crippen MR) is 113 cm³/mol. The Labute approximate surface area is 179 Å². The van der Waals surface area contributed by atoms with Crippen molar-refractivity contribution in [2.75, 3.05) is 57.5 Å². The first-order valence-electron chi connectivity index (χ1n) is 10.4. The lowest BCUT2D eigenvalue weighted by Gasteiger charge is -2.37. The molecule has 8 heteroatoms. The highest BCUT2D eigenvalue weighted by Gasteiger charge is 2.37. The molecule has 3 fully saturated rings. The van der Waals surface area contributed by atoms with Gasteiger partial charge in [-0.1, -0.05) is 12.1 Å². The van der Waals surface area contributed by atoms with Crippen LogP contribution in [0.1, 0.15) is 12.8 Å². The molecule has 1 aromatic carbocycles. The molecule has 3 saturated heterocycles. The van der Waals surface area contributed by atoms with Gasteiger partial charge in [-0.2, -0.15) is 0 Å². The first-order chi connectivity index (χ1) is 14.1. The van der Waals surface area contributed by atoms with Gasteiger partial charge in [0.2, 0.25) is 11.8 Å². The topological polar surface area (TPSA) is 71.1 Å². The molecular formula is C21H28BrN3O4. The van der Waals surface area contributed by atoms with Crippen molar-refractivity contribution in [2.45, 2.75) is 18.9 Å². The molecule has 7 nitrogen and oxygen atoms in total. The van der Waals surface area contributed by atoms with Crippen molar-refractivity contribution in [1.29, 1.82) is 0 Å². The van der Waals surface area contributed by atoms with Crippen molar-refractivity contribution in [2.24, 2.45) is 11.8 Å². The second-order valence-electron chi connectivity index (χ2n) is 7.94. The third kappa shape index (κ3) is 4.82. The van der Waals surface area contributed by atoms with Crippen LogP contribution in [0.3, 0.4) is 0 Å². The van der Waals surface area contributed by atoms with Gasteiger partial charge in [0, 0.05) is 55.6 Å². The lowest BCUT2D eigenvalue weighted by atomic mass is 9.96. The van der Waals surface area contributed by atoms with Crippen LogP contribution in [0.5, 0.6) is 0 Å². The molecule has 29 heavy (non-hydrogen) atoms. The Balaban J connectivity index is 1.36. The minimum Gasteiger partial charge on any atom is -0.381 e. The number of amides is 2. The number of rotatable bonds is 6. The average Bonchev–Trinajstić information content (AvgIpc) is 3.39. The van der Waals surface area contributed by atoms with E-state index in [0.29, 0.717) is 19.0 Å². The fraction of sp³-hybridized carbons (Fsp3) is 0.619. The SMILES string of the molecule is O=C(NCC(C1CCOC1)N1CCOCC1)C1CC(=O)N(c2ccccc2Br)C1. The van der Waals surface area contributed by atoms with E-state index in [-0.39, 0.29) is 30.2 Å². The number of carbonyl (C=O) groups excluding carboxylic acids is 2. The van der Waals surface area contributed by atoms with Gasteiger partial charge in [0.15, 0.2) is 0 Å². The van der Waals surface area contributed by atoms with Crippen LogP contribution < -0.4 is 10.2 Å². The van der Waals surface area contributed by atoms with Gasteiger partial charge < -0.3 is 19.7 Å². The Morgan fingerprint density at radius 3 is 2.72 bits per heavy atom. The maximum atomic E-state index is 12.9. The highest BCUT2D eigenvalue weighted by molar-refractivity contribution is 9.10. The van der Waals surface area contributed by atoms with Crippen molar-refractivity contribution in [1.82, 2.24) is 10.2 Å². The number of carbonyl (C=O) groups is 2. The number of para-hydroxylation sites is 1. The molecule has 3 heterocycles. The molecule has 2 amide bonds. The molecule has 0 saturated carbocycles. The number of nitrogens with zero attached hydrogens (tertiary/aromatic N) is 2. The van der Waals surface area contributed by atoms with Gasteiger partial charge in [-0.05, 0) is 34.5 Å². The zero-order chi connectivity index (χ0) is 20.2. The number of hydrogen-bond acceptors (Lipinski definition) is 5. The molecule has 0 aromatic heterocycles.